The Morgan fingerprint density at radius 2 is 2.05 bits per heavy atom. The molecule has 0 atom stereocenters. The van der Waals surface area contributed by atoms with Gasteiger partial charge in [-0.05, 0) is 39.8 Å². The van der Waals surface area contributed by atoms with Crippen LogP contribution in [0.15, 0.2) is 18.3 Å². The SMILES string of the molecule is Cc1cc(-c2cnc(Cl)cc2NC(=O)OC(C)(C)C)nn1C. The van der Waals surface area contributed by atoms with Crippen LogP contribution >= 0.6 is 11.6 Å². The molecule has 0 aliphatic carbocycles. The molecule has 0 radical (unpaired) electrons. The monoisotopic (exact) mass is 322 g/mol. The van der Waals surface area contributed by atoms with Crippen molar-refractivity contribution >= 4 is 23.4 Å². The fraction of sp³-hybridized carbons (Fsp3) is 0.400. The minimum Gasteiger partial charge on any atom is -0.444 e. The topological polar surface area (TPSA) is 69.0 Å². The van der Waals surface area contributed by atoms with E-state index in [0.717, 1.165) is 5.69 Å². The second-order valence-electron chi connectivity index (χ2n) is 5.97. The van der Waals surface area contributed by atoms with E-state index in [2.05, 4.69) is 15.4 Å². The van der Waals surface area contributed by atoms with Crippen LogP contribution in [0.2, 0.25) is 5.15 Å². The zero-order valence-corrected chi connectivity index (χ0v) is 14.0. The number of nitrogens with one attached hydrogen (secondary N) is 1. The van der Waals surface area contributed by atoms with Gasteiger partial charge in [-0.15, -0.1) is 0 Å². The summed E-state index contributed by atoms with van der Waals surface area (Å²) >= 11 is 5.93. The molecule has 0 aliphatic rings. The maximum absolute atomic E-state index is 12.0. The second kappa shape index (κ2) is 5.96. The highest BCUT2D eigenvalue weighted by Gasteiger charge is 2.19. The number of aromatic nitrogens is 3. The first-order valence-corrected chi connectivity index (χ1v) is 7.20. The van der Waals surface area contributed by atoms with Crippen molar-refractivity contribution in [3.8, 4) is 11.3 Å². The lowest BCUT2D eigenvalue weighted by molar-refractivity contribution is 0.0636. The number of aryl methyl sites for hydroxylation is 2. The van der Waals surface area contributed by atoms with E-state index in [4.69, 9.17) is 16.3 Å². The van der Waals surface area contributed by atoms with Crippen molar-refractivity contribution in [1.29, 1.82) is 0 Å². The Morgan fingerprint density at radius 1 is 1.36 bits per heavy atom. The number of carbonyl (C=O) groups is 1. The minimum absolute atomic E-state index is 0.280. The molecule has 0 unspecified atom stereocenters. The van der Waals surface area contributed by atoms with Crippen molar-refractivity contribution in [1.82, 2.24) is 14.8 Å². The fourth-order valence-corrected chi connectivity index (χ4v) is 2.00. The molecule has 118 valence electrons. The maximum Gasteiger partial charge on any atom is 0.412 e. The molecule has 2 heterocycles. The van der Waals surface area contributed by atoms with E-state index in [0.29, 0.717) is 16.9 Å². The lowest BCUT2D eigenvalue weighted by atomic mass is 10.1. The largest absolute Gasteiger partial charge is 0.444 e. The van der Waals surface area contributed by atoms with Crippen molar-refractivity contribution in [2.24, 2.45) is 7.05 Å². The third kappa shape index (κ3) is 3.98. The van der Waals surface area contributed by atoms with Crippen LogP contribution < -0.4 is 5.32 Å². The molecule has 0 spiro atoms. The van der Waals surface area contributed by atoms with Crippen LogP contribution in [0, 0.1) is 6.92 Å². The van der Waals surface area contributed by atoms with Gasteiger partial charge in [-0.3, -0.25) is 10.00 Å². The summed E-state index contributed by atoms with van der Waals surface area (Å²) in [5.74, 6) is 0. The lowest BCUT2D eigenvalue weighted by Gasteiger charge is -2.20. The summed E-state index contributed by atoms with van der Waals surface area (Å²) in [6.45, 7) is 7.35. The Labute approximate surface area is 134 Å². The Morgan fingerprint density at radius 3 is 2.59 bits per heavy atom. The van der Waals surface area contributed by atoms with Crippen LogP contribution in [0.1, 0.15) is 26.5 Å². The van der Waals surface area contributed by atoms with E-state index in [-0.39, 0.29) is 5.15 Å². The molecule has 0 saturated heterocycles. The zero-order valence-electron chi connectivity index (χ0n) is 13.3. The Kier molecular flexibility index (Phi) is 4.42. The average molecular weight is 323 g/mol. The predicted octanol–water partition coefficient (Wildman–Crippen LogP) is 3.79. The molecule has 1 amide bonds. The average Bonchev–Trinajstić information content (AvgIpc) is 2.67. The highest BCUT2D eigenvalue weighted by molar-refractivity contribution is 6.29. The number of halogens is 1. The number of pyridine rings is 1. The first kappa shape index (κ1) is 16.3. The van der Waals surface area contributed by atoms with E-state index in [1.807, 2.05) is 20.0 Å². The molecule has 2 rings (SSSR count). The number of amides is 1. The van der Waals surface area contributed by atoms with Gasteiger partial charge < -0.3 is 4.74 Å². The molecule has 2 aromatic heterocycles. The molecule has 22 heavy (non-hydrogen) atoms. The van der Waals surface area contributed by atoms with Crippen molar-refractivity contribution in [3.63, 3.8) is 0 Å². The molecule has 0 fully saturated rings. The van der Waals surface area contributed by atoms with E-state index in [1.165, 1.54) is 0 Å². The Bertz CT molecular complexity index is 685. The van der Waals surface area contributed by atoms with E-state index < -0.39 is 11.7 Å². The number of hydrogen-bond acceptors (Lipinski definition) is 4. The van der Waals surface area contributed by atoms with Crippen molar-refractivity contribution in [2.75, 3.05) is 5.32 Å². The number of anilines is 1. The quantitative estimate of drug-likeness (QED) is 0.854. The molecule has 0 aromatic carbocycles. The Balaban J connectivity index is 2.34. The summed E-state index contributed by atoms with van der Waals surface area (Å²) in [6, 6.07) is 3.48. The third-order valence-electron chi connectivity index (χ3n) is 2.90. The molecular weight excluding hydrogens is 304 g/mol. The number of hydrogen-bond donors (Lipinski definition) is 1. The normalized spacial score (nSPS) is 11.4. The summed E-state index contributed by atoms with van der Waals surface area (Å²) in [4.78, 5) is 16.0. The fourth-order valence-electron chi connectivity index (χ4n) is 1.84. The first-order valence-electron chi connectivity index (χ1n) is 6.82. The van der Waals surface area contributed by atoms with Gasteiger partial charge in [0.15, 0.2) is 0 Å². The molecule has 1 N–H and O–H groups in total. The first-order chi connectivity index (χ1) is 10.2. The number of nitrogens with zero attached hydrogens (tertiary/aromatic N) is 3. The van der Waals surface area contributed by atoms with E-state index >= 15 is 0 Å². The van der Waals surface area contributed by atoms with Crippen LogP contribution in [-0.4, -0.2) is 26.5 Å². The zero-order chi connectivity index (χ0) is 16.5. The van der Waals surface area contributed by atoms with Crippen LogP contribution in [0.5, 0.6) is 0 Å². The van der Waals surface area contributed by atoms with Crippen LogP contribution in [0.3, 0.4) is 0 Å². The standard InChI is InChI=1S/C15H19ClN4O2/c1-9-6-12(19-20(9)5)10-8-17-13(16)7-11(10)18-14(21)22-15(2,3)4/h6-8H,1-5H3,(H,17,18,21). The van der Waals surface area contributed by atoms with Gasteiger partial charge in [0.25, 0.3) is 0 Å². The summed E-state index contributed by atoms with van der Waals surface area (Å²) in [5.41, 5.74) is 2.30. The smallest absolute Gasteiger partial charge is 0.412 e. The van der Waals surface area contributed by atoms with Crippen LogP contribution in [0.25, 0.3) is 11.3 Å². The molecule has 0 aliphatic heterocycles. The maximum atomic E-state index is 12.0. The molecular formula is C15H19ClN4O2. The van der Waals surface area contributed by atoms with Gasteiger partial charge in [0.1, 0.15) is 10.8 Å². The van der Waals surface area contributed by atoms with Crippen molar-refractivity contribution in [2.45, 2.75) is 33.3 Å². The van der Waals surface area contributed by atoms with Crippen molar-refractivity contribution < 1.29 is 9.53 Å². The third-order valence-corrected chi connectivity index (χ3v) is 3.10. The number of ether oxygens (including phenoxy) is 1. The summed E-state index contributed by atoms with van der Waals surface area (Å²) in [6.07, 6.45) is 1.03. The summed E-state index contributed by atoms with van der Waals surface area (Å²) < 4.78 is 7.01. The van der Waals surface area contributed by atoms with E-state index in [9.17, 15) is 4.79 Å². The lowest BCUT2D eigenvalue weighted by Crippen LogP contribution is -2.27. The van der Waals surface area contributed by atoms with Gasteiger partial charge in [-0.25, -0.2) is 9.78 Å². The van der Waals surface area contributed by atoms with Gasteiger partial charge in [0, 0.05) is 24.5 Å². The highest BCUT2D eigenvalue weighted by Crippen LogP contribution is 2.29. The number of carbonyl (C=O) groups excluding carboxylic acids is 1. The molecule has 2 aromatic rings. The highest BCUT2D eigenvalue weighted by atomic mass is 35.5. The van der Waals surface area contributed by atoms with Gasteiger partial charge in [0.2, 0.25) is 0 Å². The summed E-state index contributed by atoms with van der Waals surface area (Å²) in [7, 11) is 1.85. The minimum atomic E-state index is -0.581. The summed E-state index contributed by atoms with van der Waals surface area (Å²) in [5, 5.41) is 7.37. The van der Waals surface area contributed by atoms with E-state index in [1.54, 1.807) is 37.7 Å². The second-order valence-corrected chi connectivity index (χ2v) is 6.36. The predicted molar refractivity (Wildman–Crippen MR) is 86.0 cm³/mol. The molecule has 6 nitrogen and oxygen atoms in total. The van der Waals surface area contributed by atoms with Gasteiger partial charge in [-0.1, -0.05) is 11.6 Å². The Hall–Kier alpha value is -2.08. The van der Waals surface area contributed by atoms with Gasteiger partial charge in [-0.2, -0.15) is 5.10 Å². The molecule has 0 bridgehead atoms. The number of rotatable bonds is 2. The van der Waals surface area contributed by atoms with Crippen LogP contribution in [0.4, 0.5) is 10.5 Å². The molecule has 7 heteroatoms. The van der Waals surface area contributed by atoms with Crippen molar-refractivity contribution in [3.05, 3.63) is 29.2 Å². The van der Waals surface area contributed by atoms with Gasteiger partial charge in [0.05, 0.1) is 11.4 Å². The van der Waals surface area contributed by atoms with Crippen LogP contribution in [-0.2, 0) is 11.8 Å². The van der Waals surface area contributed by atoms with Gasteiger partial charge >= 0.3 is 6.09 Å². The molecule has 0 saturated carbocycles.